The van der Waals surface area contributed by atoms with Crippen LogP contribution in [0.5, 0.6) is 0 Å². The van der Waals surface area contributed by atoms with Crippen molar-refractivity contribution in [1.82, 2.24) is 4.31 Å². The van der Waals surface area contributed by atoms with Crippen LogP contribution in [0.25, 0.3) is 0 Å². The average molecular weight is 412 g/mol. The zero-order chi connectivity index (χ0) is 17.2. The van der Waals surface area contributed by atoms with Crippen molar-refractivity contribution in [2.75, 3.05) is 13.1 Å². The Balaban J connectivity index is 1.67. The third-order valence-corrected chi connectivity index (χ3v) is 7.33. The van der Waals surface area contributed by atoms with E-state index in [2.05, 4.69) is 28.1 Å². The molecule has 24 heavy (non-hydrogen) atoms. The minimum atomic E-state index is -3.59. The molecule has 128 valence electrons. The Bertz CT molecular complexity index is 803. The Morgan fingerprint density at radius 1 is 1.08 bits per heavy atom. The number of hydrogen-bond acceptors (Lipinski definition) is 2. The van der Waals surface area contributed by atoms with E-state index in [1.165, 1.54) is 28.1 Å². The zero-order valence-corrected chi connectivity index (χ0v) is 15.6. The van der Waals surface area contributed by atoms with Crippen molar-refractivity contribution in [3.8, 4) is 0 Å². The molecule has 2 aromatic rings. The van der Waals surface area contributed by atoms with Crippen LogP contribution in [-0.4, -0.2) is 25.8 Å². The van der Waals surface area contributed by atoms with Crippen LogP contribution in [0.4, 0.5) is 4.39 Å². The first kappa shape index (κ1) is 17.6. The first-order valence-electron chi connectivity index (χ1n) is 7.96. The highest BCUT2D eigenvalue weighted by atomic mass is 79.9. The summed E-state index contributed by atoms with van der Waals surface area (Å²) in [7, 11) is -3.59. The summed E-state index contributed by atoms with van der Waals surface area (Å²) < 4.78 is 40.5. The van der Waals surface area contributed by atoms with Gasteiger partial charge in [-0.3, -0.25) is 0 Å². The normalized spacial score (nSPS) is 17.1. The Kier molecular flexibility index (Phi) is 5.37. The standard InChI is InChI=1S/C18H19BrFNO2S/c19-17-13-16(20)6-7-18(17)24(22,23)21-10-8-15(9-11-21)12-14-4-2-1-3-5-14/h1-7,13,15H,8-12H2. The summed E-state index contributed by atoms with van der Waals surface area (Å²) in [5.41, 5.74) is 1.29. The largest absolute Gasteiger partial charge is 0.244 e. The molecular formula is C18H19BrFNO2S. The summed E-state index contributed by atoms with van der Waals surface area (Å²) in [5.74, 6) is 0.0397. The van der Waals surface area contributed by atoms with Crippen molar-refractivity contribution in [1.29, 1.82) is 0 Å². The van der Waals surface area contributed by atoms with Gasteiger partial charge in [0.1, 0.15) is 5.82 Å². The lowest BCUT2D eigenvalue weighted by Gasteiger charge is -2.31. The number of rotatable bonds is 4. The third-order valence-electron chi connectivity index (χ3n) is 4.45. The zero-order valence-electron chi connectivity index (χ0n) is 13.2. The molecule has 0 amide bonds. The summed E-state index contributed by atoms with van der Waals surface area (Å²) in [6.07, 6.45) is 2.66. The lowest BCUT2D eigenvalue weighted by molar-refractivity contribution is 0.272. The Labute approximate surface area is 150 Å². The smallest absolute Gasteiger partial charge is 0.207 e. The molecule has 0 atom stereocenters. The number of nitrogens with zero attached hydrogens (tertiary/aromatic N) is 1. The van der Waals surface area contributed by atoms with E-state index in [1.807, 2.05) is 18.2 Å². The van der Waals surface area contributed by atoms with Crippen LogP contribution < -0.4 is 0 Å². The second-order valence-electron chi connectivity index (χ2n) is 6.11. The van der Waals surface area contributed by atoms with Gasteiger partial charge in [-0.25, -0.2) is 12.8 Å². The molecule has 1 fully saturated rings. The lowest BCUT2D eigenvalue weighted by Crippen LogP contribution is -2.39. The molecular weight excluding hydrogens is 393 g/mol. The molecule has 6 heteroatoms. The SMILES string of the molecule is O=S(=O)(c1ccc(F)cc1Br)N1CCC(Cc2ccccc2)CC1. The van der Waals surface area contributed by atoms with Gasteiger partial charge in [0.2, 0.25) is 10.0 Å². The van der Waals surface area contributed by atoms with Crippen LogP contribution in [0.2, 0.25) is 0 Å². The summed E-state index contributed by atoms with van der Waals surface area (Å²) in [6.45, 7) is 1.01. The molecule has 2 aromatic carbocycles. The molecule has 0 aromatic heterocycles. The Morgan fingerprint density at radius 3 is 2.38 bits per heavy atom. The fraction of sp³-hybridized carbons (Fsp3) is 0.333. The first-order chi connectivity index (χ1) is 11.5. The predicted octanol–water partition coefficient (Wildman–Crippen LogP) is 4.23. The number of sulfonamides is 1. The molecule has 0 saturated carbocycles. The van der Waals surface area contributed by atoms with Crippen molar-refractivity contribution in [2.45, 2.75) is 24.2 Å². The summed E-state index contributed by atoms with van der Waals surface area (Å²) >= 11 is 3.16. The van der Waals surface area contributed by atoms with Gasteiger partial charge in [-0.1, -0.05) is 30.3 Å². The van der Waals surface area contributed by atoms with E-state index >= 15 is 0 Å². The highest BCUT2D eigenvalue weighted by molar-refractivity contribution is 9.10. The van der Waals surface area contributed by atoms with E-state index in [9.17, 15) is 12.8 Å². The van der Waals surface area contributed by atoms with Gasteiger partial charge in [-0.2, -0.15) is 4.31 Å². The van der Waals surface area contributed by atoms with E-state index in [0.29, 0.717) is 19.0 Å². The van der Waals surface area contributed by atoms with Gasteiger partial charge in [0.25, 0.3) is 0 Å². The summed E-state index contributed by atoms with van der Waals surface area (Å²) in [4.78, 5) is 0.130. The van der Waals surface area contributed by atoms with Crippen LogP contribution in [0.3, 0.4) is 0 Å². The van der Waals surface area contributed by atoms with Gasteiger partial charge in [0.05, 0.1) is 4.90 Å². The van der Waals surface area contributed by atoms with Crippen molar-refractivity contribution in [2.24, 2.45) is 5.92 Å². The number of hydrogen-bond donors (Lipinski definition) is 0. The highest BCUT2D eigenvalue weighted by Gasteiger charge is 2.30. The average Bonchev–Trinajstić information content (AvgIpc) is 2.56. The molecule has 0 spiro atoms. The van der Waals surface area contributed by atoms with Gasteiger partial charge in [0, 0.05) is 17.6 Å². The number of piperidine rings is 1. The highest BCUT2D eigenvalue weighted by Crippen LogP contribution is 2.30. The Morgan fingerprint density at radius 2 is 1.75 bits per heavy atom. The maximum Gasteiger partial charge on any atom is 0.244 e. The van der Waals surface area contributed by atoms with E-state index < -0.39 is 15.8 Å². The first-order valence-corrected chi connectivity index (χ1v) is 10.2. The second-order valence-corrected chi connectivity index (χ2v) is 8.87. The van der Waals surface area contributed by atoms with Gasteiger partial charge in [-0.15, -0.1) is 0 Å². The van der Waals surface area contributed by atoms with Gasteiger partial charge in [-0.05, 0) is 64.9 Å². The molecule has 0 radical (unpaired) electrons. The third kappa shape index (κ3) is 3.87. The number of halogens is 2. The summed E-state index contributed by atoms with van der Waals surface area (Å²) in [5, 5.41) is 0. The number of benzene rings is 2. The van der Waals surface area contributed by atoms with Crippen LogP contribution in [0.15, 0.2) is 57.9 Å². The molecule has 0 aliphatic carbocycles. The molecule has 0 N–H and O–H groups in total. The summed E-state index contributed by atoms with van der Waals surface area (Å²) in [6, 6.07) is 14.0. The van der Waals surface area contributed by atoms with Crippen LogP contribution >= 0.6 is 15.9 Å². The van der Waals surface area contributed by atoms with Gasteiger partial charge in [0.15, 0.2) is 0 Å². The predicted molar refractivity (Wildman–Crippen MR) is 95.7 cm³/mol. The maximum absolute atomic E-state index is 13.2. The van der Waals surface area contributed by atoms with Gasteiger partial charge < -0.3 is 0 Å². The quantitative estimate of drug-likeness (QED) is 0.754. The van der Waals surface area contributed by atoms with Gasteiger partial charge >= 0.3 is 0 Å². The van der Waals surface area contributed by atoms with Crippen molar-refractivity contribution >= 4 is 26.0 Å². The minimum absolute atomic E-state index is 0.130. The minimum Gasteiger partial charge on any atom is -0.207 e. The lowest BCUT2D eigenvalue weighted by atomic mass is 9.91. The second kappa shape index (κ2) is 7.33. The fourth-order valence-corrected chi connectivity index (χ4v) is 5.60. The van der Waals surface area contributed by atoms with E-state index in [0.717, 1.165) is 19.3 Å². The van der Waals surface area contributed by atoms with E-state index in [-0.39, 0.29) is 9.37 Å². The fourth-order valence-electron chi connectivity index (χ4n) is 3.12. The van der Waals surface area contributed by atoms with E-state index in [4.69, 9.17) is 0 Å². The molecule has 1 heterocycles. The monoisotopic (exact) mass is 411 g/mol. The maximum atomic E-state index is 13.2. The van der Waals surface area contributed by atoms with Crippen molar-refractivity contribution < 1.29 is 12.8 Å². The topological polar surface area (TPSA) is 37.4 Å². The van der Waals surface area contributed by atoms with Crippen molar-refractivity contribution in [3.05, 3.63) is 64.4 Å². The van der Waals surface area contributed by atoms with Crippen LogP contribution in [0, 0.1) is 11.7 Å². The Hall–Kier alpha value is -1.24. The molecule has 0 unspecified atom stereocenters. The molecule has 1 saturated heterocycles. The molecule has 3 nitrogen and oxygen atoms in total. The van der Waals surface area contributed by atoms with E-state index in [1.54, 1.807) is 0 Å². The molecule has 1 aliphatic heterocycles. The molecule has 3 rings (SSSR count). The van der Waals surface area contributed by atoms with Crippen molar-refractivity contribution in [3.63, 3.8) is 0 Å². The molecule has 1 aliphatic rings. The van der Waals surface area contributed by atoms with Crippen LogP contribution in [0.1, 0.15) is 18.4 Å². The molecule has 0 bridgehead atoms. The van der Waals surface area contributed by atoms with Crippen LogP contribution in [-0.2, 0) is 16.4 Å².